The minimum absolute atomic E-state index is 0.0183. The molecule has 268 valence electrons. The van der Waals surface area contributed by atoms with Gasteiger partial charge in [-0.15, -0.1) is 0 Å². The van der Waals surface area contributed by atoms with Crippen LogP contribution in [0, 0.1) is 0 Å². The second-order valence-electron chi connectivity index (χ2n) is 17.5. The first kappa shape index (κ1) is 38.2. The third-order valence-corrected chi connectivity index (χ3v) is 12.7. The fourth-order valence-electron chi connectivity index (χ4n) is 6.29. The molecule has 2 aromatic rings. The zero-order valence-corrected chi connectivity index (χ0v) is 35.7. The fourth-order valence-corrected chi connectivity index (χ4v) is 10.5. The summed E-state index contributed by atoms with van der Waals surface area (Å²) < 4.78 is 46.4. The molecule has 3 aliphatic rings. The van der Waals surface area contributed by atoms with E-state index in [9.17, 15) is 5.11 Å². The second kappa shape index (κ2) is 13.8. The Morgan fingerprint density at radius 1 is 0.771 bits per heavy atom. The number of hydrogen-bond acceptors (Lipinski definition) is 8. The van der Waals surface area contributed by atoms with Gasteiger partial charge in [0.15, 0.2) is 44.8 Å². The highest BCUT2D eigenvalue weighted by Crippen LogP contribution is 2.52. The van der Waals surface area contributed by atoms with E-state index in [0.29, 0.717) is 34.4 Å². The first-order valence-corrected chi connectivity index (χ1v) is 31.3. The van der Waals surface area contributed by atoms with Crippen LogP contribution in [0.1, 0.15) is 41.0 Å². The van der Waals surface area contributed by atoms with Gasteiger partial charge in [-0.25, -0.2) is 0 Å². The Morgan fingerprint density at radius 3 is 1.88 bits per heavy atom. The van der Waals surface area contributed by atoms with E-state index >= 15 is 0 Å². The molecule has 0 spiro atoms. The summed E-state index contributed by atoms with van der Waals surface area (Å²) in [6.45, 7) is 25.9. The molecule has 1 N–H and O–H groups in total. The van der Waals surface area contributed by atoms with Crippen molar-refractivity contribution in [2.24, 2.45) is 0 Å². The van der Waals surface area contributed by atoms with Crippen LogP contribution in [0.2, 0.25) is 83.6 Å². The van der Waals surface area contributed by atoms with E-state index in [4.69, 9.17) is 43.5 Å². The van der Waals surface area contributed by atoms with Gasteiger partial charge in [-0.05, 0) is 127 Å². The highest BCUT2D eigenvalue weighted by atomic mass is 35.5. The summed E-state index contributed by atoms with van der Waals surface area (Å²) in [7, 11) is -8.71. The summed E-state index contributed by atoms with van der Waals surface area (Å²) in [5.41, 5.74) is 3.71. The maximum Gasteiger partial charge on any atom is 0.231 e. The van der Waals surface area contributed by atoms with Crippen molar-refractivity contribution >= 4 is 44.9 Å². The molecule has 2 aromatic carbocycles. The molecule has 1 saturated carbocycles. The topological polar surface area (TPSA) is 84.8 Å². The van der Waals surface area contributed by atoms with Crippen LogP contribution < -0.4 is 9.47 Å². The lowest BCUT2D eigenvalue weighted by Gasteiger charge is -2.54. The Labute approximate surface area is 297 Å². The molecule has 1 aliphatic carbocycles. The van der Waals surface area contributed by atoms with E-state index < -0.39 is 63.5 Å². The number of hydrogen-bond donors (Lipinski definition) is 1. The molecule has 48 heavy (non-hydrogen) atoms. The maximum atomic E-state index is 13.2. The molecule has 0 amide bonds. The van der Waals surface area contributed by atoms with Crippen LogP contribution in [0.5, 0.6) is 11.5 Å². The largest absolute Gasteiger partial charge is 0.453 e. The van der Waals surface area contributed by atoms with Gasteiger partial charge in [0.25, 0.3) is 0 Å². The minimum atomic E-state index is -2.33. The Morgan fingerprint density at radius 2 is 1.33 bits per heavy atom. The SMILES string of the molecule is C[Si](C)(C)OC[C@H]1OC(O)(c2cc(Cc3ccc(C4CC4)cc3)c(Cl)c3c2OCO3)[C@H](O[Si](C)(C)C)[C@@H](O[Si](C)(C)C)[C@@H]1O[Si](C)(C)C. The summed E-state index contributed by atoms with van der Waals surface area (Å²) in [5.74, 6) is -0.551. The van der Waals surface area contributed by atoms with Crippen molar-refractivity contribution in [2.75, 3.05) is 13.4 Å². The summed E-state index contributed by atoms with van der Waals surface area (Å²) >= 11 is 7.03. The van der Waals surface area contributed by atoms with Crippen LogP contribution in [0.25, 0.3) is 0 Å². The fraction of sp³-hybridized carbons (Fsp3) is 0.657. The van der Waals surface area contributed by atoms with Crippen LogP contribution in [-0.2, 0) is 34.6 Å². The summed E-state index contributed by atoms with van der Waals surface area (Å²) in [6.07, 6.45) is 0.308. The van der Waals surface area contributed by atoms with E-state index in [0.717, 1.165) is 11.1 Å². The quantitative estimate of drug-likeness (QED) is 0.204. The first-order valence-electron chi connectivity index (χ1n) is 17.3. The Hall–Kier alpha value is -1.04. The van der Waals surface area contributed by atoms with Gasteiger partial charge in [0, 0.05) is 0 Å². The van der Waals surface area contributed by atoms with E-state index in [-0.39, 0.29) is 13.4 Å². The van der Waals surface area contributed by atoms with Gasteiger partial charge in [0.1, 0.15) is 24.4 Å². The predicted molar refractivity (Wildman–Crippen MR) is 202 cm³/mol. The van der Waals surface area contributed by atoms with Gasteiger partial charge < -0.3 is 37.0 Å². The van der Waals surface area contributed by atoms with Gasteiger partial charge in [-0.1, -0.05) is 35.9 Å². The van der Waals surface area contributed by atoms with Crippen LogP contribution in [0.15, 0.2) is 30.3 Å². The standard InChI is InChI=1S/C35H57ClO8Si4/c1-45(2,3)40-21-28-31(42-46(4,5)6)33(43-47(7,8)9)34(44-48(10,11)12)35(37,41-28)27-20-26(29(36)32-30(27)38-22-39-32)19-23-13-15-24(16-14-23)25-17-18-25/h13-16,20,25,28,31,33-34,37H,17-19,21-22H2,1-12H3/t28-,31-,33+,34-,35?/m1/s1. The first-order chi connectivity index (χ1) is 22.0. The average Bonchev–Trinajstić information content (AvgIpc) is 3.67. The van der Waals surface area contributed by atoms with E-state index in [1.807, 2.05) is 6.07 Å². The molecule has 0 aromatic heterocycles. The smallest absolute Gasteiger partial charge is 0.231 e. The van der Waals surface area contributed by atoms with Gasteiger partial charge in [0.05, 0.1) is 17.2 Å². The van der Waals surface area contributed by atoms with Crippen molar-refractivity contribution in [1.82, 2.24) is 0 Å². The summed E-state index contributed by atoms with van der Waals surface area (Å²) in [6, 6.07) is 10.7. The van der Waals surface area contributed by atoms with E-state index in [2.05, 4.69) is 103 Å². The van der Waals surface area contributed by atoms with Gasteiger partial charge in [-0.2, -0.15) is 0 Å². The number of halogens is 1. The Kier molecular flexibility index (Phi) is 11.0. The molecule has 2 fully saturated rings. The lowest BCUT2D eigenvalue weighted by atomic mass is 9.86. The number of fused-ring (bicyclic) bond motifs is 1. The molecule has 5 rings (SSSR count). The number of ether oxygens (including phenoxy) is 3. The third-order valence-electron chi connectivity index (χ3n) is 8.31. The van der Waals surface area contributed by atoms with Crippen LogP contribution in [0.4, 0.5) is 0 Å². The van der Waals surface area contributed by atoms with Gasteiger partial charge in [-0.3, -0.25) is 0 Å². The van der Waals surface area contributed by atoms with Crippen molar-refractivity contribution in [3.05, 3.63) is 57.6 Å². The molecule has 13 heteroatoms. The molecule has 1 saturated heterocycles. The Bertz CT molecular complexity index is 1440. The molecular weight excluding hydrogens is 696 g/mol. The Balaban J connectivity index is 1.67. The lowest BCUT2D eigenvalue weighted by molar-refractivity contribution is -0.349. The minimum Gasteiger partial charge on any atom is -0.453 e. The molecule has 8 nitrogen and oxygen atoms in total. The van der Waals surface area contributed by atoms with Gasteiger partial charge >= 0.3 is 0 Å². The lowest BCUT2D eigenvalue weighted by Crippen LogP contribution is -2.69. The molecule has 0 radical (unpaired) electrons. The number of aliphatic hydroxyl groups is 1. The molecule has 5 atom stereocenters. The molecule has 0 bridgehead atoms. The van der Waals surface area contributed by atoms with Crippen molar-refractivity contribution in [3.8, 4) is 11.5 Å². The van der Waals surface area contributed by atoms with Gasteiger partial charge in [0.2, 0.25) is 12.6 Å². The monoisotopic (exact) mass is 752 g/mol. The second-order valence-corrected chi connectivity index (χ2v) is 35.7. The zero-order valence-electron chi connectivity index (χ0n) is 31.0. The third kappa shape index (κ3) is 9.43. The van der Waals surface area contributed by atoms with E-state index in [1.165, 1.54) is 18.4 Å². The van der Waals surface area contributed by atoms with Crippen molar-refractivity contribution in [2.45, 2.75) is 134 Å². The van der Waals surface area contributed by atoms with Crippen molar-refractivity contribution < 1.29 is 37.0 Å². The van der Waals surface area contributed by atoms with Crippen LogP contribution >= 0.6 is 11.6 Å². The molecule has 2 aliphatic heterocycles. The zero-order chi connectivity index (χ0) is 35.4. The van der Waals surface area contributed by atoms with Crippen LogP contribution in [0.3, 0.4) is 0 Å². The summed E-state index contributed by atoms with van der Waals surface area (Å²) in [5, 5.41) is 13.7. The average molecular weight is 754 g/mol. The molecule has 2 heterocycles. The van der Waals surface area contributed by atoms with Crippen LogP contribution in [-0.4, -0.2) is 76.2 Å². The molecule has 1 unspecified atom stereocenters. The predicted octanol–water partition coefficient (Wildman–Crippen LogP) is 8.59. The highest BCUT2D eigenvalue weighted by Gasteiger charge is 2.60. The van der Waals surface area contributed by atoms with Crippen molar-refractivity contribution in [3.63, 3.8) is 0 Å². The van der Waals surface area contributed by atoms with Crippen molar-refractivity contribution in [1.29, 1.82) is 0 Å². The summed E-state index contributed by atoms with van der Waals surface area (Å²) in [4.78, 5) is 0. The normalized spacial score (nSPS) is 26.6. The number of rotatable bonds is 13. The maximum absolute atomic E-state index is 13.2. The highest BCUT2D eigenvalue weighted by molar-refractivity contribution is 6.71. The number of benzene rings is 2. The van der Waals surface area contributed by atoms with E-state index in [1.54, 1.807) is 0 Å². The molecular formula is C35H57ClO8Si4.